The van der Waals surface area contributed by atoms with Crippen molar-refractivity contribution in [1.82, 2.24) is 4.57 Å². The molecule has 0 atom stereocenters. The minimum atomic E-state index is 0.873. The number of aromatic nitrogens is 1. The van der Waals surface area contributed by atoms with E-state index in [2.05, 4.69) is 173 Å². The molecular formula is C46H28N2OS. The van der Waals surface area contributed by atoms with Gasteiger partial charge in [0, 0.05) is 63.9 Å². The van der Waals surface area contributed by atoms with E-state index in [9.17, 15) is 0 Å². The highest BCUT2D eigenvalue weighted by molar-refractivity contribution is 7.26. The lowest BCUT2D eigenvalue weighted by Crippen LogP contribution is -2.11. The Morgan fingerprint density at radius 1 is 0.440 bits per heavy atom. The Morgan fingerprint density at radius 2 is 1.08 bits per heavy atom. The zero-order valence-corrected chi connectivity index (χ0v) is 27.7. The first kappa shape index (κ1) is 27.6. The van der Waals surface area contributed by atoms with Crippen LogP contribution in [0.5, 0.6) is 0 Å². The number of hydrogen-bond acceptors (Lipinski definition) is 3. The Bertz CT molecular complexity index is 3110. The summed E-state index contributed by atoms with van der Waals surface area (Å²) < 4.78 is 11.7. The maximum Gasteiger partial charge on any atom is 0.159 e. The van der Waals surface area contributed by atoms with E-state index >= 15 is 0 Å². The molecule has 3 heterocycles. The van der Waals surface area contributed by atoms with Crippen LogP contribution < -0.4 is 4.90 Å². The van der Waals surface area contributed by atoms with Gasteiger partial charge in [-0.25, -0.2) is 0 Å². The third-order valence-electron chi connectivity index (χ3n) is 10.2. The van der Waals surface area contributed by atoms with Gasteiger partial charge in [0.25, 0.3) is 0 Å². The van der Waals surface area contributed by atoms with Crippen molar-refractivity contribution in [2.75, 3.05) is 4.90 Å². The van der Waals surface area contributed by atoms with E-state index in [4.69, 9.17) is 4.42 Å². The Balaban J connectivity index is 1.25. The van der Waals surface area contributed by atoms with Gasteiger partial charge in [-0.05, 0) is 54.6 Å². The molecule has 0 bridgehead atoms. The van der Waals surface area contributed by atoms with Crippen LogP contribution >= 0.6 is 11.3 Å². The number of benzene rings is 8. The lowest BCUT2D eigenvalue weighted by Gasteiger charge is -2.27. The number of furan rings is 1. The zero-order valence-electron chi connectivity index (χ0n) is 26.9. The lowest BCUT2D eigenvalue weighted by atomic mass is 10.0. The van der Waals surface area contributed by atoms with E-state index in [1.54, 1.807) is 0 Å². The molecule has 8 aromatic carbocycles. The van der Waals surface area contributed by atoms with Crippen LogP contribution in [0.2, 0.25) is 0 Å². The largest absolute Gasteiger partial charge is 0.454 e. The number of nitrogens with zero attached hydrogens (tertiary/aromatic N) is 2. The number of hydrogen-bond donors (Lipinski definition) is 0. The van der Waals surface area contributed by atoms with Gasteiger partial charge >= 0.3 is 0 Å². The standard InChI is InChI=1S/C46H28N2OS/c1-2-12-29(13-3-1)47-39-19-7-4-14-31(39)32-25-24-30(28-42(32)47)48(41-21-10-17-36-34-15-5-8-22-43(34)49-45(36)41)40-20-11-18-37-33(40)26-27-38-35-16-6-9-23-44(35)50-46(37)38/h1-28H. The summed E-state index contributed by atoms with van der Waals surface area (Å²) in [6.07, 6.45) is 0. The van der Waals surface area contributed by atoms with Crippen LogP contribution in [0, 0.1) is 0 Å². The molecule has 0 saturated carbocycles. The molecule has 11 rings (SSSR count). The molecule has 3 nitrogen and oxygen atoms in total. The van der Waals surface area contributed by atoms with Crippen molar-refractivity contribution in [2.45, 2.75) is 0 Å². The Kier molecular flexibility index (Phi) is 5.83. The predicted molar refractivity (Wildman–Crippen MR) is 213 cm³/mol. The predicted octanol–water partition coefficient (Wildman–Crippen LogP) is 13.7. The van der Waals surface area contributed by atoms with Crippen molar-refractivity contribution in [3.63, 3.8) is 0 Å². The Hall–Kier alpha value is -6.36. The summed E-state index contributed by atoms with van der Waals surface area (Å²) in [5.74, 6) is 0. The van der Waals surface area contributed by atoms with Gasteiger partial charge < -0.3 is 13.9 Å². The van der Waals surface area contributed by atoms with E-state index in [0.29, 0.717) is 0 Å². The number of para-hydroxylation sites is 4. The Labute approximate surface area is 291 Å². The summed E-state index contributed by atoms with van der Waals surface area (Å²) >= 11 is 1.87. The summed E-state index contributed by atoms with van der Waals surface area (Å²) in [6, 6.07) is 61.2. The zero-order chi connectivity index (χ0) is 32.8. The summed E-state index contributed by atoms with van der Waals surface area (Å²) in [4.78, 5) is 2.40. The van der Waals surface area contributed by atoms with Gasteiger partial charge in [-0.15, -0.1) is 11.3 Å². The Morgan fingerprint density at radius 3 is 1.98 bits per heavy atom. The highest BCUT2D eigenvalue weighted by atomic mass is 32.1. The fourth-order valence-corrected chi connectivity index (χ4v) is 9.22. The van der Waals surface area contributed by atoms with Gasteiger partial charge in [0.05, 0.1) is 22.4 Å². The van der Waals surface area contributed by atoms with Crippen molar-refractivity contribution < 1.29 is 4.42 Å². The summed E-state index contributed by atoms with van der Waals surface area (Å²) in [6.45, 7) is 0. The third-order valence-corrected chi connectivity index (χ3v) is 11.4. The van der Waals surface area contributed by atoms with E-state index in [1.807, 2.05) is 17.4 Å². The highest BCUT2D eigenvalue weighted by Gasteiger charge is 2.23. The molecule has 0 aliphatic heterocycles. The summed E-state index contributed by atoms with van der Waals surface area (Å²) in [5.41, 5.74) is 8.42. The van der Waals surface area contributed by atoms with Gasteiger partial charge in [0.1, 0.15) is 5.58 Å². The molecule has 0 N–H and O–H groups in total. The maximum absolute atomic E-state index is 6.71. The van der Waals surface area contributed by atoms with Crippen LogP contribution in [0.25, 0.3) is 80.4 Å². The van der Waals surface area contributed by atoms with Crippen molar-refractivity contribution in [2.24, 2.45) is 0 Å². The number of rotatable bonds is 4. The van der Waals surface area contributed by atoms with Gasteiger partial charge in [-0.1, -0.05) is 115 Å². The normalized spacial score (nSPS) is 12.0. The summed E-state index contributed by atoms with van der Waals surface area (Å²) in [5, 5.41) is 9.74. The van der Waals surface area contributed by atoms with Gasteiger partial charge in [0.15, 0.2) is 5.58 Å². The molecule has 50 heavy (non-hydrogen) atoms. The first-order valence-corrected chi connectivity index (χ1v) is 17.8. The van der Waals surface area contributed by atoms with Gasteiger partial charge in [0.2, 0.25) is 0 Å². The van der Waals surface area contributed by atoms with Crippen molar-refractivity contribution in [3.8, 4) is 5.69 Å². The number of thiophene rings is 1. The van der Waals surface area contributed by atoms with Crippen molar-refractivity contribution in [3.05, 3.63) is 170 Å². The fourth-order valence-electron chi connectivity index (χ4n) is 7.99. The molecule has 3 aromatic heterocycles. The maximum atomic E-state index is 6.71. The lowest BCUT2D eigenvalue weighted by molar-refractivity contribution is 0.669. The molecule has 0 aliphatic rings. The van der Waals surface area contributed by atoms with Crippen LogP contribution in [0.15, 0.2) is 174 Å². The van der Waals surface area contributed by atoms with Crippen LogP contribution in [0.1, 0.15) is 0 Å². The molecule has 0 radical (unpaired) electrons. The van der Waals surface area contributed by atoms with Crippen LogP contribution in [-0.4, -0.2) is 4.57 Å². The minimum Gasteiger partial charge on any atom is -0.454 e. The molecule has 0 saturated heterocycles. The monoisotopic (exact) mass is 656 g/mol. The highest BCUT2D eigenvalue weighted by Crippen LogP contribution is 2.47. The van der Waals surface area contributed by atoms with Crippen LogP contribution in [-0.2, 0) is 0 Å². The second-order valence-corrected chi connectivity index (χ2v) is 13.9. The van der Waals surface area contributed by atoms with Gasteiger partial charge in [-0.3, -0.25) is 0 Å². The first-order chi connectivity index (χ1) is 24.8. The molecular weight excluding hydrogens is 629 g/mol. The molecule has 0 amide bonds. The fraction of sp³-hybridized carbons (Fsp3) is 0. The molecule has 0 spiro atoms. The minimum absolute atomic E-state index is 0.873. The van der Waals surface area contributed by atoms with Crippen LogP contribution in [0.3, 0.4) is 0 Å². The first-order valence-electron chi connectivity index (χ1n) is 16.9. The number of fused-ring (bicyclic) bond motifs is 11. The summed E-state index contributed by atoms with van der Waals surface area (Å²) in [7, 11) is 0. The average Bonchev–Trinajstić information content (AvgIpc) is 3.85. The molecule has 0 aliphatic carbocycles. The third kappa shape index (κ3) is 3.91. The smallest absolute Gasteiger partial charge is 0.159 e. The SMILES string of the molecule is c1ccc(-n2c3ccccc3c3ccc(N(c4cccc5c4ccc4c6ccccc6sc54)c4cccc5c4oc4ccccc45)cc32)cc1. The van der Waals surface area contributed by atoms with E-state index < -0.39 is 0 Å². The second kappa shape index (κ2) is 10.6. The van der Waals surface area contributed by atoms with Crippen molar-refractivity contribution >= 4 is 103 Å². The molecule has 0 fully saturated rings. The topological polar surface area (TPSA) is 21.3 Å². The van der Waals surface area contributed by atoms with E-state index in [-0.39, 0.29) is 0 Å². The van der Waals surface area contributed by atoms with E-state index in [1.165, 1.54) is 47.2 Å². The molecule has 11 aromatic rings. The number of anilines is 3. The second-order valence-electron chi connectivity index (χ2n) is 12.9. The molecule has 0 unspecified atom stereocenters. The quantitative estimate of drug-likeness (QED) is 0.188. The van der Waals surface area contributed by atoms with Crippen molar-refractivity contribution in [1.29, 1.82) is 0 Å². The average molecular weight is 657 g/mol. The molecule has 4 heteroatoms. The van der Waals surface area contributed by atoms with Gasteiger partial charge in [-0.2, -0.15) is 0 Å². The van der Waals surface area contributed by atoms with E-state index in [0.717, 1.165) is 50.2 Å². The van der Waals surface area contributed by atoms with Crippen LogP contribution in [0.4, 0.5) is 17.1 Å². The molecule has 234 valence electrons.